The minimum atomic E-state index is 0.0703. The molecule has 1 fully saturated rings. The molecular weight excluding hydrogens is 603 g/mol. The van der Waals surface area contributed by atoms with Crippen molar-refractivity contribution in [3.05, 3.63) is 34.2 Å². The number of nitrogens with zero attached hydrogens (tertiary/aromatic N) is 7. The van der Waals surface area contributed by atoms with E-state index in [1.165, 1.54) is 0 Å². The fourth-order valence-electron chi connectivity index (χ4n) is 5.86. The van der Waals surface area contributed by atoms with Crippen molar-refractivity contribution in [3.63, 3.8) is 0 Å². The summed E-state index contributed by atoms with van der Waals surface area (Å²) >= 11 is 13.7. The normalized spacial score (nSPS) is 14.9. The maximum Gasteiger partial charge on any atom is 0.225 e. The molecule has 0 spiro atoms. The molecule has 1 amide bonds. The first-order valence-electron chi connectivity index (χ1n) is 15.0. The molecule has 13 heteroatoms. The van der Waals surface area contributed by atoms with Gasteiger partial charge in [0.2, 0.25) is 11.9 Å². The van der Waals surface area contributed by atoms with E-state index >= 15 is 0 Å². The average Bonchev–Trinajstić information content (AvgIpc) is 3.45. The Morgan fingerprint density at radius 3 is 2.30 bits per heavy atom. The van der Waals surface area contributed by atoms with E-state index in [1.54, 1.807) is 38.0 Å². The molecule has 5 rings (SSSR count). The van der Waals surface area contributed by atoms with Gasteiger partial charge in [0.05, 0.1) is 24.3 Å². The number of rotatable bonds is 11. The standard InChI is InChI=1S/C31H40Cl2N8O3/c1-18(2)14-19(3)30(42)40-12-10-39(11-13-40)9-7-8-24-36-29-21(25-26(32)22(43-5)16-23(44-6)27(25)33)15-20-17-35-31(34-4)37-28(20)41(29)38-24/h15-19H,7-14H2,1-6H3,(H,34,35,37). The molecule has 1 unspecified atom stereocenters. The second-order valence-corrected chi connectivity index (χ2v) is 12.4. The number of hydrogen-bond acceptors (Lipinski definition) is 9. The number of aromatic nitrogens is 5. The maximum absolute atomic E-state index is 12.8. The Balaban J connectivity index is 1.39. The first kappa shape index (κ1) is 32.0. The lowest BCUT2D eigenvalue weighted by atomic mass is 9.97. The van der Waals surface area contributed by atoms with Gasteiger partial charge in [-0.3, -0.25) is 9.69 Å². The Kier molecular flexibility index (Phi) is 9.97. The van der Waals surface area contributed by atoms with Crippen LogP contribution in [0.1, 0.15) is 39.4 Å². The first-order chi connectivity index (χ1) is 21.1. The van der Waals surface area contributed by atoms with E-state index in [4.69, 9.17) is 42.8 Å². The van der Waals surface area contributed by atoms with Gasteiger partial charge in [-0.1, -0.05) is 44.0 Å². The molecule has 4 heterocycles. The number of fused-ring (bicyclic) bond motifs is 3. The van der Waals surface area contributed by atoms with Crippen molar-refractivity contribution in [1.82, 2.24) is 34.4 Å². The summed E-state index contributed by atoms with van der Waals surface area (Å²) in [6, 6.07) is 3.57. The van der Waals surface area contributed by atoms with Gasteiger partial charge in [-0.2, -0.15) is 9.50 Å². The van der Waals surface area contributed by atoms with E-state index in [-0.39, 0.29) is 11.8 Å². The van der Waals surface area contributed by atoms with Gasteiger partial charge in [-0.15, -0.1) is 5.10 Å². The van der Waals surface area contributed by atoms with Gasteiger partial charge >= 0.3 is 0 Å². The Bertz CT molecular complexity index is 1620. The summed E-state index contributed by atoms with van der Waals surface area (Å²) in [5, 5.41) is 9.29. The highest BCUT2D eigenvalue weighted by atomic mass is 35.5. The van der Waals surface area contributed by atoms with Crippen LogP contribution in [0.15, 0.2) is 18.3 Å². The number of anilines is 1. The zero-order valence-electron chi connectivity index (χ0n) is 26.2. The molecule has 1 N–H and O–H groups in total. The van der Waals surface area contributed by atoms with E-state index in [1.807, 2.05) is 17.9 Å². The van der Waals surface area contributed by atoms with Crippen LogP contribution in [0.25, 0.3) is 27.8 Å². The zero-order valence-corrected chi connectivity index (χ0v) is 27.7. The number of methoxy groups -OCH3 is 2. The molecule has 1 aromatic carbocycles. The predicted molar refractivity (Wildman–Crippen MR) is 174 cm³/mol. The molecule has 1 atom stereocenters. The van der Waals surface area contributed by atoms with Crippen LogP contribution in [0.5, 0.6) is 11.5 Å². The number of ether oxygens (including phenoxy) is 2. The number of carbonyl (C=O) groups excluding carboxylic acids is 1. The van der Waals surface area contributed by atoms with Crippen LogP contribution in [0.2, 0.25) is 10.0 Å². The Morgan fingerprint density at radius 1 is 1.00 bits per heavy atom. The van der Waals surface area contributed by atoms with E-state index in [0.717, 1.165) is 51.0 Å². The van der Waals surface area contributed by atoms with Crippen molar-refractivity contribution in [2.45, 2.75) is 40.0 Å². The predicted octanol–water partition coefficient (Wildman–Crippen LogP) is 5.46. The third-order valence-corrected chi connectivity index (χ3v) is 8.81. The van der Waals surface area contributed by atoms with Crippen molar-refractivity contribution < 1.29 is 14.3 Å². The second-order valence-electron chi connectivity index (χ2n) is 11.6. The van der Waals surface area contributed by atoms with Crippen molar-refractivity contribution in [2.75, 3.05) is 59.3 Å². The summed E-state index contributed by atoms with van der Waals surface area (Å²) in [5.41, 5.74) is 2.37. The lowest BCUT2D eigenvalue weighted by molar-refractivity contribution is -0.137. The number of amides is 1. The molecule has 1 saturated heterocycles. The lowest BCUT2D eigenvalue weighted by Crippen LogP contribution is -2.50. The number of halogens is 2. The molecule has 1 aliphatic heterocycles. The van der Waals surface area contributed by atoms with Crippen molar-refractivity contribution >= 4 is 51.7 Å². The van der Waals surface area contributed by atoms with Gasteiger partial charge in [0, 0.05) is 74.3 Å². The third-order valence-electron chi connectivity index (χ3n) is 8.06. The quantitative estimate of drug-likeness (QED) is 0.228. The van der Waals surface area contributed by atoms with Crippen LogP contribution >= 0.6 is 23.2 Å². The Hall–Kier alpha value is -3.41. The largest absolute Gasteiger partial charge is 0.495 e. The highest BCUT2D eigenvalue weighted by Crippen LogP contribution is 2.47. The van der Waals surface area contributed by atoms with Crippen LogP contribution in [0, 0.1) is 11.8 Å². The molecule has 0 bridgehead atoms. The van der Waals surface area contributed by atoms with E-state index in [2.05, 4.69) is 34.0 Å². The average molecular weight is 644 g/mol. The number of benzene rings is 1. The number of pyridine rings is 1. The molecule has 44 heavy (non-hydrogen) atoms. The van der Waals surface area contributed by atoms with E-state index in [0.29, 0.717) is 68.1 Å². The molecule has 11 nitrogen and oxygen atoms in total. The van der Waals surface area contributed by atoms with E-state index < -0.39 is 0 Å². The highest BCUT2D eigenvalue weighted by molar-refractivity contribution is 6.41. The molecule has 0 saturated carbocycles. The molecular formula is C31H40Cl2N8O3. The molecule has 0 aliphatic carbocycles. The molecule has 1 aliphatic rings. The topological polar surface area (TPSA) is 110 Å². The molecule has 3 aromatic heterocycles. The van der Waals surface area contributed by atoms with Crippen LogP contribution in [0.3, 0.4) is 0 Å². The summed E-state index contributed by atoms with van der Waals surface area (Å²) < 4.78 is 12.8. The number of carbonyl (C=O) groups is 1. The molecule has 4 aromatic rings. The number of nitrogens with one attached hydrogen (secondary N) is 1. The minimum absolute atomic E-state index is 0.0703. The van der Waals surface area contributed by atoms with Crippen molar-refractivity contribution in [1.29, 1.82) is 0 Å². The maximum atomic E-state index is 12.8. The van der Waals surface area contributed by atoms with Gasteiger partial charge in [-0.05, 0) is 31.4 Å². The van der Waals surface area contributed by atoms with Gasteiger partial charge in [0.1, 0.15) is 11.5 Å². The number of hydrogen-bond donors (Lipinski definition) is 1. The second kappa shape index (κ2) is 13.7. The minimum Gasteiger partial charge on any atom is -0.495 e. The van der Waals surface area contributed by atoms with Gasteiger partial charge in [-0.25, -0.2) is 9.97 Å². The number of aryl methyl sites for hydroxylation is 1. The first-order valence-corrected chi connectivity index (χ1v) is 15.7. The third kappa shape index (κ3) is 6.50. The Labute approximate surface area is 267 Å². The smallest absolute Gasteiger partial charge is 0.225 e. The Morgan fingerprint density at radius 2 is 1.68 bits per heavy atom. The summed E-state index contributed by atoms with van der Waals surface area (Å²) in [5.74, 6) is 2.87. The van der Waals surface area contributed by atoms with Crippen molar-refractivity contribution in [2.24, 2.45) is 11.8 Å². The van der Waals surface area contributed by atoms with Crippen LogP contribution in [-0.4, -0.2) is 94.3 Å². The summed E-state index contributed by atoms with van der Waals surface area (Å²) in [6.07, 6.45) is 4.19. The van der Waals surface area contributed by atoms with Gasteiger partial charge < -0.3 is 19.7 Å². The molecule has 0 radical (unpaired) electrons. The summed E-state index contributed by atoms with van der Waals surface area (Å²) in [6.45, 7) is 10.5. The lowest BCUT2D eigenvalue weighted by Gasteiger charge is -2.36. The van der Waals surface area contributed by atoms with Gasteiger partial charge in [0.25, 0.3) is 0 Å². The zero-order chi connectivity index (χ0) is 31.5. The number of piperazine rings is 1. The SMILES string of the molecule is CNc1ncc2cc(-c3c(Cl)c(OC)cc(OC)c3Cl)c3nc(CCCN4CCN(C(=O)C(C)CC(C)C)CC4)nn3c2n1. The van der Waals surface area contributed by atoms with Crippen LogP contribution in [0.4, 0.5) is 5.95 Å². The van der Waals surface area contributed by atoms with Gasteiger partial charge in [0.15, 0.2) is 17.1 Å². The summed E-state index contributed by atoms with van der Waals surface area (Å²) in [4.78, 5) is 31.3. The highest BCUT2D eigenvalue weighted by Gasteiger charge is 2.26. The van der Waals surface area contributed by atoms with E-state index in [9.17, 15) is 4.79 Å². The monoisotopic (exact) mass is 642 g/mol. The summed E-state index contributed by atoms with van der Waals surface area (Å²) in [7, 11) is 4.85. The van der Waals surface area contributed by atoms with Crippen LogP contribution < -0.4 is 14.8 Å². The van der Waals surface area contributed by atoms with Crippen LogP contribution in [-0.2, 0) is 11.2 Å². The fraction of sp³-hybridized carbons (Fsp3) is 0.516. The van der Waals surface area contributed by atoms with Crippen molar-refractivity contribution in [3.8, 4) is 22.6 Å². The molecule has 236 valence electrons. The fourth-order valence-corrected chi connectivity index (χ4v) is 6.56.